The van der Waals surface area contributed by atoms with Gasteiger partial charge in [0, 0.05) is 12.1 Å². The van der Waals surface area contributed by atoms with E-state index in [1.54, 1.807) is 24.3 Å². The van der Waals surface area contributed by atoms with Crippen molar-refractivity contribution < 1.29 is 23.8 Å². The van der Waals surface area contributed by atoms with Gasteiger partial charge in [-0.05, 0) is 54.4 Å². The number of likely N-dealkylation sites (tertiary alicyclic amines) is 1. The van der Waals surface area contributed by atoms with E-state index in [0.717, 1.165) is 5.56 Å². The highest BCUT2D eigenvalue weighted by Gasteiger charge is 2.46. The molecule has 1 heterocycles. The van der Waals surface area contributed by atoms with Crippen LogP contribution in [0.15, 0.2) is 84.4 Å². The lowest BCUT2D eigenvalue weighted by Gasteiger charge is -2.25. The van der Waals surface area contributed by atoms with Crippen molar-refractivity contribution in [1.29, 1.82) is 0 Å². The Balaban J connectivity index is 1.81. The van der Waals surface area contributed by atoms with E-state index in [-0.39, 0.29) is 17.9 Å². The maximum atomic E-state index is 13.6. The average molecular weight is 431 g/mol. The molecule has 162 valence electrons. The Morgan fingerprint density at radius 2 is 1.62 bits per heavy atom. The van der Waals surface area contributed by atoms with Crippen LogP contribution in [-0.2, 0) is 16.1 Å². The summed E-state index contributed by atoms with van der Waals surface area (Å²) in [7, 11) is 0. The van der Waals surface area contributed by atoms with Crippen molar-refractivity contribution >= 4 is 17.4 Å². The number of aliphatic hydroxyl groups is 1. The van der Waals surface area contributed by atoms with E-state index >= 15 is 0 Å². The van der Waals surface area contributed by atoms with Gasteiger partial charge in [-0.1, -0.05) is 42.5 Å². The number of carbonyl (C=O) groups is 2. The molecule has 1 amide bonds. The van der Waals surface area contributed by atoms with Crippen molar-refractivity contribution in [2.75, 3.05) is 6.61 Å². The fourth-order valence-electron chi connectivity index (χ4n) is 3.85. The standard InChI is InChI=1S/C26H22FNO4/c1-2-32-21-14-10-19(11-15-21)24(29)22-23(18-8-12-20(27)13-9-18)28(26(31)25(22)30)16-17-6-4-3-5-7-17/h3-15,23,29H,2,16H2,1H3/b24-22+. The van der Waals surface area contributed by atoms with E-state index in [9.17, 15) is 19.1 Å². The first-order chi connectivity index (χ1) is 15.5. The van der Waals surface area contributed by atoms with Crippen LogP contribution in [0, 0.1) is 5.82 Å². The molecule has 1 unspecified atom stereocenters. The molecular weight excluding hydrogens is 409 g/mol. The SMILES string of the molecule is CCOc1ccc(/C(O)=C2\C(=O)C(=O)N(Cc3ccccc3)C2c2ccc(F)cc2)cc1. The molecule has 0 saturated carbocycles. The number of rotatable bonds is 6. The summed E-state index contributed by atoms with van der Waals surface area (Å²) in [5, 5.41) is 11.1. The van der Waals surface area contributed by atoms with Gasteiger partial charge in [-0.25, -0.2) is 4.39 Å². The normalized spacial score (nSPS) is 17.6. The quantitative estimate of drug-likeness (QED) is 0.344. The predicted molar refractivity (Wildman–Crippen MR) is 118 cm³/mol. The Morgan fingerprint density at radius 3 is 2.25 bits per heavy atom. The van der Waals surface area contributed by atoms with Gasteiger partial charge < -0.3 is 14.7 Å². The van der Waals surface area contributed by atoms with Crippen LogP contribution in [0.1, 0.15) is 29.7 Å². The highest BCUT2D eigenvalue weighted by atomic mass is 19.1. The number of aliphatic hydroxyl groups excluding tert-OH is 1. The van der Waals surface area contributed by atoms with Crippen molar-refractivity contribution in [3.63, 3.8) is 0 Å². The van der Waals surface area contributed by atoms with E-state index in [4.69, 9.17) is 4.74 Å². The molecule has 0 aromatic heterocycles. The first-order valence-corrected chi connectivity index (χ1v) is 10.3. The summed E-state index contributed by atoms with van der Waals surface area (Å²) in [5.74, 6) is -1.57. The number of benzene rings is 3. The van der Waals surface area contributed by atoms with Crippen molar-refractivity contribution in [2.24, 2.45) is 0 Å². The Morgan fingerprint density at radius 1 is 0.969 bits per heavy atom. The second kappa shape index (κ2) is 9.06. The molecule has 0 bridgehead atoms. The third-order valence-electron chi connectivity index (χ3n) is 5.36. The number of ether oxygens (including phenoxy) is 1. The zero-order valence-electron chi connectivity index (χ0n) is 17.5. The van der Waals surface area contributed by atoms with E-state index < -0.39 is 23.5 Å². The number of Topliss-reactive ketones (excluding diaryl/α,β-unsaturated/α-hetero) is 1. The van der Waals surface area contributed by atoms with E-state index in [0.29, 0.717) is 23.5 Å². The van der Waals surface area contributed by atoms with E-state index in [1.807, 2.05) is 37.3 Å². The molecule has 6 heteroatoms. The lowest BCUT2D eigenvalue weighted by Crippen LogP contribution is -2.29. The molecule has 3 aromatic rings. The molecule has 0 aliphatic carbocycles. The van der Waals surface area contributed by atoms with Crippen molar-refractivity contribution in [2.45, 2.75) is 19.5 Å². The molecular formula is C26H22FNO4. The van der Waals surface area contributed by atoms with Gasteiger partial charge in [0.05, 0.1) is 18.2 Å². The van der Waals surface area contributed by atoms with Crippen LogP contribution in [0.25, 0.3) is 5.76 Å². The minimum absolute atomic E-state index is 0.0262. The number of nitrogens with zero attached hydrogens (tertiary/aromatic N) is 1. The molecule has 0 spiro atoms. The molecule has 1 saturated heterocycles. The summed E-state index contributed by atoms with van der Waals surface area (Å²) in [5.41, 5.74) is 1.73. The van der Waals surface area contributed by atoms with E-state index in [2.05, 4.69) is 0 Å². The van der Waals surface area contributed by atoms with E-state index in [1.165, 1.54) is 29.2 Å². The van der Waals surface area contributed by atoms with Crippen LogP contribution in [0.3, 0.4) is 0 Å². The Labute approximate surface area is 185 Å². The maximum Gasteiger partial charge on any atom is 0.295 e. The minimum Gasteiger partial charge on any atom is -0.507 e. The molecule has 1 N–H and O–H groups in total. The highest BCUT2D eigenvalue weighted by molar-refractivity contribution is 6.46. The van der Waals surface area contributed by atoms with Gasteiger partial charge in [0.15, 0.2) is 0 Å². The highest BCUT2D eigenvalue weighted by Crippen LogP contribution is 2.40. The zero-order valence-corrected chi connectivity index (χ0v) is 17.5. The molecule has 1 atom stereocenters. The number of halogens is 1. The van der Waals surface area contributed by atoms with Gasteiger partial charge in [0.25, 0.3) is 11.7 Å². The lowest BCUT2D eigenvalue weighted by molar-refractivity contribution is -0.140. The summed E-state index contributed by atoms with van der Waals surface area (Å²) in [6.07, 6.45) is 0. The number of hydrogen-bond acceptors (Lipinski definition) is 4. The number of carbonyl (C=O) groups excluding carboxylic acids is 2. The summed E-state index contributed by atoms with van der Waals surface area (Å²) >= 11 is 0. The smallest absolute Gasteiger partial charge is 0.295 e. The third kappa shape index (κ3) is 4.12. The largest absolute Gasteiger partial charge is 0.507 e. The van der Waals surface area contributed by atoms with Crippen LogP contribution in [0.4, 0.5) is 4.39 Å². The maximum absolute atomic E-state index is 13.6. The van der Waals surface area contributed by atoms with Gasteiger partial charge >= 0.3 is 0 Å². The van der Waals surface area contributed by atoms with Crippen LogP contribution >= 0.6 is 0 Å². The monoisotopic (exact) mass is 431 g/mol. The molecule has 5 nitrogen and oxygen atoms in total. The molecule has 32 heavy (non-hydrogen) atoms. The lowest BCUT2D eigenvalue weighted by atomic mass is 9.95. The average Bonchev–Trinajstić information content (AvgIpc) is 3.05. The molecule has 1 aliphatic heterocycles. The summed E-state index contributed by atoms with van der Waals surface area (Å²) in [6.45, 7) is 2.54. The Kier molecular flexibility index (Phi) is 6.03. The number of hydrogen-bond donors (Lipinski definition) is 1. The van der Waals surface area contributed by atoms with Gasteiger partial charge in [-0.2, -0.15) is 0 Å². The van der Waals surface area contributed by atoms with Crippen LogP contribution < -0.4 is 4.74 Å². The summed E-state index contributed by atoms with van der Waals surface area (Å²) in [4.78, 5) is 27.4. The third-order valence-corrected chi connectivity index (χ3v) is 5.36. The summed E-state index contributed by atoms with van der Waals surface area (Å²) < 4.78 is 19.0. The number of ketones is 1. The fraction of sp³-hybridized carbons (Fsp3) is 0.154. The van der Waals surface area contributed by atoms with Gasteiger partial charge in [0.1, 0.15) is 17.3 Å². The number of amides is 1. The fourth-order valence-corrected chi connectivity index (χ4v) is 3.85. The van der Waals surface area contributed by atoms with Crippen molar-refractivity contribution in [3.8, 4) is 5.75 Å². The zero-order chi connectivity index (χ0) is 22.7. The molecule has 0 radical (unpaired) electrons. The molecule has 1 aliphatic rings. The molecule has 4 rings (SSSR count). The van der Waals surface area contributed by atoms with Gasteiger partial charge in [0.2, 0.25) is 0 Å². The predicted octanol–water partition coefficient (Wildman–Crippen LogP) is 4.85. The topological polar surface area (TPSA) is 66.8 Å². The first kappa shape index (κ1) is 21.3. The van der Waals surface area contributed by atoms with Crippen molar-refractivity contribution in [3.05, 3.63) is 107 Å². The van der Waals surface area contributed by atoms with Gasteiger partial charge in [-0.15, -0.1) is 0 Å². The minimum atomic E-state index is -0.845. The summed E-state index contributed by atoms with van der Waals surface area (Å²) in [6, 6.07) is 20.6. The Bertz CT molecular complexity index is 1150. The molecule has 1 fully saturated rings. The van der Waals surface area contributed by atoms with Gasteiger partial charge in [-0.3, -0.25) is 9.59 Å². The second-order valence-electron chi connectivity index (χ2n) is 7.42. The van der Waals surface area contributed by atoms with Crippen LogP contribution in [0.2, 0.25) is 0 Å². The Hall–Kier alpha value is -3.93. The molecule has 3 aromatic carbocycles. The second-order valence-corrected chi connectivity index (χ2v) is 7.42. The first-order valence-electron chi connectivity index (χ1n) is 10.3. The van der Waals surface area contributed by atoms with Crippen LogP contribution in [0.5, 0.6) is 5.75 Å². The van der Waals surface area contributed by atoms with Crippen LogP contribution in [-0.4, -0.2) is 28.3 Å². The van der Waals surface area contributed by atoms with Crippen molar-refractivity contribution in [1.82, 2.24) is 4.90 Å².